The van der Waals surface area contributed by atoms with Crippen LogP contribution in [0.5, 0.6) is 0 Å². The fraction of sp³-hybridized carbons (Fsp3) is 0.750. The Balaban J connectivity index is 2.78. The number of carboxylic acid groups (broad SMARTS) is 1. The zero-order chi connectivity index (χ0) is 9.73. The molecule has 70 valence electrons. The van der Waals surface area contributed by atoms with E-state index >= 15 is 0 Å². The number of carboxylic acids is 1. The van der Waals surface area contributed by atoms with Crippen molar-refractivity contribution in [1.82, 2.24) is 0 Å². The summed E-state index contributed by atoms with van der Waals surface area (Å²) in [5.74, 6) is -0.912. The van der Waals surface area contributed by atoms with Crippen molar-refractivity contribution in [3.8, 4) is 0 Å². The number of hydrogen-bond acceptors (Lipinski definition) is 3. The van der Waals surface area contributed by atoms with Gasteiger partial charge in [-0.1, -0.05) is 0 Å². The van der Waals surface area contributed by atoms with Gasteiger partial charge in [-0.25, -0.2) is 0 Å². The third-order valence-electron chi connectivity index (χ3n) is 2.46. The van der Waals surface area contributed by atoms with Gasteiger partial charge >= 0.3 is 76.5 Å². The van der Waals surface area contributed by atoms with E-state index < -0.39 is 11.5 Å². The first-order chi connectivity index (χ1) is 6.21. The predicted molar refractivity (Wildman–Crippen MR) is 48.4 cm³/mol. The summed E-state index contributed by atoms with van der Waals surface area (Å²) in [7, 11) is 0.527. The molecule has 1 aliphatic carbocycles. The van der Waals surface area contributed by atoms with Crippen molar-refractivity contribution in [2.75, 3.05) is 0 Å². The molecule has 0 aromatic heterocycles. The number of hydrogen-bond donors (Lipinski definition) is 1. The number of nitrogens with zero attached hydrogens (tertiary/aromatic N) is 1. The van der Waals surface area contributed by atoms with E-state index in [2.05, 4.69) is 4.99 Å². The van der Waals surface area contributed by atoms with Crippen molar-refractivity contribution in [3.05, 3.63) is 0 Å². The predicted octanol–water partition coefficient (Wildman–Crippen LogP) is 0.852. The standard InChI is InChI=1S/C8H12BNO3/c11-7(12)8(10-6-9-13)4-2-1-3-5-8/h6H,1-5H2,(H,11,12). The van der Waals surface area contributed by atoms with Crippen LogP contribution in [0.25, 0.3) is 0 Å². The third-order valence-corrected chi connectivity index (χ3v) is 2.46. The van der Waals surface area contributed by atoms with Gasteiger partial charge in [0.25, 0.3) is 0 Å². The molecule has 0 radical (unpaired) electrons. The summed E-state index contributed by atoms with van der Waals surface area (Å²) in [4.78, 5) is 14.8. The molecule has 0 aromatic carbocycles. The van der Waals surface area contributed by atoms with E-state index in [4.69, 9.17) is 5.11 Å². The molecule has 1 rings (SSSR count). The van der Waals surface area contributed by atoms with E-state index in [1.54, 1.807) is 0 Å². The molecule has 0 spiro atoms. The Morgan fingerprint density at radius 3 is 2.46 bits per heavy atom. The topological polar surface area (TPSA) is 66.7 Å². The van der Waals surface area contributed by atoms with Crippen molar-refractivity contribution in [1.29, 1.82) is 0 Å². The van der Waals surface area contributed by atoms with Crippen molar-refractivity contribution < 1.29 is 14.6 Å². The Hall–Kier alpha value is -0.995. The molecule has 1 fully saturated rings. The summed E-state index contributed by atoms with van der Waals surface area (Å²) in [6, 6.07) is 0. The van der Waals surface area contributed by atoms with Gasteiger partial charge in [-0.2, -0.15) is 0 Å². The second-order valence-electron chi connectivity index (χ2n) is 3.31. The van der Waals surface area contributed by atoms with Gasteiger partial charge in [-0.05, 0) is 0 Å². The van der Waals surface area contributed by atoms with Gasteiger partial charge in [0, 0.05) is 0 Å². The van der Waals surface area contributed by atoms with Gasteiger partial charge in [0.2, 0.25) is 0 Å². The molecule has 1 N–H and O–H groups in total. The molecule has 1 aliphatic rings. The van der Waals surface area contributed by atoms with Gasteiger partial charge in [-0.15, -0.1) is 0 Å². The van der Waals surface area contributed by atoms with Gasteiger partial charge in [0.15, 0.2) is 0 Å². The van der Waals surface area contributed by atoms with Gasteiger partial charge in [-0.3, -0.25) is 0 Å². The van der Waals surface area contributed by atoms with E-state index in [1.807, 2.05) is 0 Å². The fourth-order valence-corrected chi connectivity index (χ4v) is 1.71. The van der Waals surface area contributed by atoms with Crippen LogP contribution in [0.15, 0.2) is 4.99 Å². The van der Waals surface area contributed by atoms with Crippen LogP contribution < -0.4 is 0 Å². The van der Waals surface area contributed by atoms with Crippen LogP contribution in [0, 0.1) is 0 Å². The Bertz CT molecular complexity index is 234. The second kappa shape index (κ2) is 4.30. The Kier molecular flexibility index (Phi) is 3.34. The Morgan fingerprint density at radius 1 is 1.38 bits per heavy atom. The van der Waals surface area contributed by atoms with Crippen LogP contribution in [-0.2, 0) is 9.50 Å². The molecule has 0 heterocycles. The van der Waals surface area contributed by atoms with E-state index in [9.17, 15) is 9.50 Å². The van der Waals surface area contributed by atoms with Crippen LogP contribution in [0.4, 0.5) is 0 Å². The molecule has 0 saturated heterocycles. The van der Waals surface area contributed by atoms with E-state index in [0.717, 1.165) is 25.4 Å². The monoisotopic (exact) mass is 181 g/mol. The normalized spacial score (nSPS) is 21.2. The first-order valence-corrected chi connectivity index (χ1v) is 4.44. The van der Waals surface area contributed by atoms with Crippen LogP contribution in [0.2, 0.25) is 0 Å². The average Bonchev–Trinajstić information content (AvgIpc) is 2.16. The SMILES string of the molecule is O=BC=NC1(C(=O)O)CCCCC1. The Morgan fingerprint density at radius 2 is 2.00 bits per heavy atom. The average molecular weight is 181 g/mol. The molecular formula is C8H12BNO3. The van der Waals surface area contributed by atoms with Gasteiger partial charge in [0.05, 0.1) is 0 Å². The number of aliphatic carboxylic acids is 1. The molecule has 0 atom stereocenters. The fourth-order valence-electron chi connectivity index (χ4n) is 1.71. The number of rotatable bonds is 3. The molecule has 1 saturated carbocycles. The maximum atomic E-state index is 11.0. The zero-order valence-electron chi connectivity index (χ0n) is 7.40. The Labute approximate surface area is 77.3 Å². The molecule has 0 unspecified atom stereocenters. The van der Waals surface area contributed by atoms with Crippen molar-refractivity contribution in [2.24, 2.45) is 4.99 Å². The molecule has 0 aromatic rings. The van der Waals surface area contributed by atoms with Gasteiger partial charge < -0.3 is 0 Å². The van der Waals surface area contributed by atoms with Crippen molar-refractivity contribution in [3.63, 3.8) is 0 Å². The number of aliphatic imine (C=N–C) groups is 1. The first kappa shape index (κ1) is 10.1. The van der Waals surface area contributed by atoms with Crippen LogP contribution in [-0.4, -0.2) is 29.9 Å². The zero-order valence-corrected chi connectivity index (χ0v) is 7.40. The minimum atomic E-state index is -1.01. The summed E-state index contributed by atoms with van der Waals surface area (Å²) >= 11 is 0. The second-order valence-corrected chi connectivity index (χ2v) is 3.31. The molecule has 0 bridgehead atoms. The summed E-state index contributed by atoms with van der Waals surface area (Å²) in [5, 5.41) is 8.99. The molecule has 0 amide bonds. The molecule has 0 aliphatic heterocycles. The third kappa shape index (κ3) is 2.23. The molecular weight excluding hydrogens is 169 g/mol. The molecule has 5 heteroatoms. The van der Waals surface area contributed by atoms with Crippen LogP contribution in [0.1, 0.15) is 32.1 Å². The molecule has 13 heavy (non-hydrogen) atoms. The van der Waals surface area contributed by atoms with Crippen LogP contribution >= 0.6 is 0 Å². The van der Waals surface area contributed by atoms with Crippen molar-refractivity contribution >= 4 is 19.2 Å². The number of carbonyl (C=O) groups is 1. The van der Waals surface area contributed by atoms with E-state index in [-0.39, 0.29) is 0 Å². The quantitative estimate of drug-likeness (QED) is 0.518. The summed E-state index contributed by atoms with van der Waals surface area (Å²) in [6.45, 7) is 0. The molecule has 4 nitrogen and oxygen atoms in total. The van der Waals surface area contributed by atoms with Crippen LogP contribution in [0.3, 0.4) is 0 Å². The summed E-state index contributed by atoms with van der Waals surface area (Å²) < 4.78 is 10.1. The van der Waals surface area contributed by atoms with E-state index in [1.165, 1.54) is 0 Å². The summed E-state index contributed by atoms with van der Waals surface area (Å²) in [5.41, 5.74) is -1.01. The minimum absolute atomic E-state index is 0.527. The van der Waals surface area contributed by atoms with Crippen molar-refractivity contribution in [2.45, 2.75) is 37.6 Å². The first-order valence-electron chi connectivity index (χ1n) is 4.44. The van der Waals surface area contributed by atoms with Gasteiger partial charge in [0.1, 0.15) is 0 Å². The maximum absolute atomic E-state index is 11.0. The van der Waals surface area contributed by atoms with E-state index in [0.29, 0.717) is 20.0 Å². The summed E-state index contributed by atoms with van der Waals surface area (Å²) in [6.07, 6.45) is 4.97.